The lowest BCUT2D eigenvalue weighted by molar-refractivity contribution is 0.482. The number of unbranched alkanes of at least 4 members (excludes halogenated alkanes) is 3. The highest BCUT2D eigenvalue weighted by Gasteiger charge is 2.18. The fourth-order valence-corrected chi connectivity index (χ4v) is 2.56. The molecule has 0 spiro atoms. The van der Waals surface area contributed by atoms with Crippen LogP contribution in [0, 0.1) is 0 Å². The Morgan fingerprint density at radius 2 is 1.62 bits per heavy atom. The summed E-state index contributed by atoms with van der Waals surface area (Å²) in [6.07, 6.45) is 3.93. The molecule has 0 bridgehead atoms. The Balaban J connectivity index is 3.68. The van der Waals surface area contributed by atoms with Gasteiger partial charge in [-0.25, -0.2) is 4.72 Å². The minimum atomic E-state index is -3.36. The molecule has 5 nitrogen and oxygen atoms in total. The van der Waals surface area contributed by atoms with Gasteiger partial charge < -0.3 is 5.73 Å². The third kappa shape index (κ3) is 10.4. The van der Waals surface area contributed by atoms with Gasteiger partial charge in [-0.1, -0.05) is 12.8 Å². The van der Waals surface area contributed by atoms with Crippen LogP contribution in [0.1, 0.15) is 46.5 Å². The molecule has 0 atom stereocenters. The van der Waals surface area contributed by atoms with Gasteiger partial charge in [0.25, 0.3) is 10.2 Å². The Morgan fingerprint density at radius 3 is 2.12 bits per heavy atom. The molecule has 0 heterocycles. The first-order chi connectivity index (χ1) is 7.27. The lowest BCUT2D eigenvalue weighted by Gasteiger charge is -2.20. The van der Waals surface area contributed by atoms with E-state index in [1.165, 1.54) is 0 Å². The minimum absolute atomic E-state index is 0.439. The Bertz CT molecular complexity index is 270. The number of hydrogen-bond acceptors (Lipinski definition) is 3. The zero-order valence-corrected chi connectivity index (χ0v) is 11.4. The molecular weight excluding hydrogens is 226 g/mol. The van der Waals surface area contributed by atoms with Gasteiger partial charge in [0.2, 0.25) is 0 Å². The first-order valence-electron chi connectivity index (χ1n) is 5.75. The zero-order chi connectivity index (χ0) is 12.7. The predicted molar refractivity (Wildman–Crippen MR) is 67.3 cm³/mol. The van der Waals surface area contributed by atoms with E-state index in [0.717, 1.165) is 25.7 Å². The van der Waals surface area contributed by atoms with Crippen LogP contribution in [0.2, 0.25) is 0 Å². The largest absolute Gasteiger partial charge is 0.330 e. The van der Waals surface area contributed by atoms with Crippen molar-refractivity contribution in [1.29, 1.82) is 0 Å². The fourth-order valence-electron chi connectivity index (χ4n) is 1.27. The molecule has 0 aromatic heterocycles. The molecule has 0 saturated heterocycles. The van der Waals surface area contributed by atoms with Crippen molar-refractivity contribution in [1.82, 2.24) is 9.44 Å². The van der Waals surface area contributed by atoms with Crippen molar-refractivity contribution < 1.29 is 8.42 Å². The fraction of sp³-hybridized carbons (Fsp3) is 1.00. The number of hydrogen-bond donors (Lipinski definition) is 3. The van der Waals surface area contributed by atoms with E-state index < -0.39 is 15.7 Å². The van der Waals surface area contributed by atoms with Crippen LogP contribution in [0.3, 0.4) is 0 Å². The Morgan fingerprint density at radius 1 is 1.06 bits per heavy atom. The topological polar surface area (TPSA) is 84.2 Å². The normalized spacial score (nSPS) is 13.0. The monoisotopic (exact) mass is 251 g/mol. The summed E-state index contributed by atoms with van der Waals surface area (Å²) in [5, 5.41) is 0. The SMILES string of the molecule is CC(C)(C)NS(=O)(=O)NCCCCCCN. The summed E-state index contributed by atoms with van der Waals surface area (Å²) >= 11 is 0. The summed E-state index contributed by atoms with van der Waals surface area (Å²) in [6, 6.07) is 0. The van der Waals surface area contributed by atoms with E-state index in [9.17, 15) is 8.42 Å². The maximum Gasteiger partial charge on any atom is 0.277 e. The lowest BCUT2D eigenvalue weighted by atomic mass is 10.1. The number of nitrogens with one attached hydrogen (secondary N) is 2. The third-order valence-electron chi connectivity index (χ3n) is 1.86. The Kier molecular flexibility index (Phi) is 7.14. The maximum atomic E-state index is 11.5. The van der Waals surface area contributed by atoms with Crippen molar-refractivity contribution in [2.24, 2.45) is 5.73 Å². The highest BCUT2D eigenvalue weighted by Crippen LogP contribution is 2.01. The van der Waals surface area contributed by atoms with Crippen LogP contribution < -0.4 is 15.2 Å². The molecule has 16 heavy (non-hydrogen) atoms. The second-order valence-corrected chi connectivity index (χ2v) is 6.45. The summed E-state index contributed by atoms with van der Waals surface area (Å²) < 4.78 is 28.0. The summed E-state index contributed by atoms with van der Waals surface area (Å²) in [5.74, 6) is 0. The summed E-state index contributed by atoms with van der Waals surface area (Å²) in [5.41, 5.74) is 4.92. The van der Waals surface area contributed by atoms with Gasteiger partial charge in [0, 0.05) is 12.1 Å². The first kappa shape index (κ1) is 15.8. The second-order valence-electron chi connectivity index (χ2n) is 4.95. The van der Waals surface area contributed by atoms with Gasteiger partial charge in [-0.2, -0.15) is 13.1 Å². The molecule has 0 radical (unpaired) electrons. The molecule has 4 N–H and O–H groups in total. The zero-order valence-electron chi connectivity index (χ0n) is 10.5. The van der Waals surface area contributed by atoms with Crippen molar-refractivity contribution in [3.8, 4) is 0 Å². The summed E-state index contributed by atoms with van der Waals surface area (Å²) in [4.78, 5) is 0. The van der Waals surface area contributed by atoms with Crippen molar-refractivity contribution in [2.45, 2.75) is 52.0 Å². The maximum absolute atomic E-state index is 11.5. The van der Waals surface area contributed by atoms with E-state index in [1.807, 2.05) is 20.8 Å². The van der Waals surface area contributed by atoms with Crippen LogP contribution in [0.25, 0.3) is 0 Å². The number of rotatable bonds is 8. The quantitative estimate of drug-likeness (QED) is 0.556. The van der Waals surface area contributed by atoms with Gasteiger partial charge in [0.05, 0.1) is 0 Å². The van der Waals surface area contributed by atoms with Crippen molar-refractivity contribution in [3.05, 3.63) is 0 Å². The molecule has 0 fully saturated rings. The smallest absolute Gasteiger partial charge is 0.277 e. The average molecular weight is 251 g/mol. The highest BCUT2D eigenvalue weighted by molar-refractivity contribution is 7.87. The minimum Gasteiger partial charge on any atom is -0.330 e. The lowest BCUT2D eigenvalue weighted by Crippen LogP contribution is -2.47. The van der Waals surface area contributed by atoms with Crippen LogP contribution in [0.15, 0.2) is 0 Å². The molecule has 0 aromatic rings. The van der Waals surface area contributed by atoms with E-state index in [-0.39, 0.29) is 0 Å². The Labute approximate surface area is 99.4 Å². The standard InChI is InChI=1S/C10H25N3O2S/c1-10(2,3)13-16(14,15)12-9-7-5-4-6-8-11/h12-13H,4-9,11H2,1-3H3. The van der Waals surface area contributed by atoms with Gasteiger partial charge in [0.1, 0.15) is 0 Å². The molecule has 0 aliphatic heterocycles. The molecule has 0 aliphatic rings. The third-order valence-corrected chi connectivity index (χ3v) is 3.33. The molecule has 0 aliphatic carbocycles. The number of nitrogens with two attached hydrogens (primary N) is 1. The van der Waals surface area contributed by atoms with Crippen LogP contribution in [0.5, 0.6) is 0 Å². The van der Waals surface area contributed by atoms with Gasteiger partial charge in [-0.15, -0.1) is 0 Å². The van der Waals surface area contributed by atoms with E-state index in [4.69, 9.17) is 5.73 Å². The van der Waals surface area contributed by atoms with Crippen LogP contribution in [-0.2, 0) is 10.2 Å². The van der Waals surface area contributed by atoms with Crippen molar-refractivity contribution in [2.75, 3.05) is 13.1 Å². The van der Waals surface area contributed by atoms with Crippen LogP contribution in [-0.4, -0.2) is 27.0 Å². The molecule has 0 rings (SSSR count). The molecule has 0 saturated carbocycles. The molecule has 6 heteroatoms. The van der Waals surface area contributed by atoms with Gasteiger partial charge >= 0.3 is 0 Å². The second kappa shape index (κ2) is 7.21. The average Bonchev–Trinajstić information content (AvgIpc) is 2.06. The molecule has 0 amide bonds. The van der Waals surface area contributed by atoms with Gasteiger partial charge in [-0.3, -0.25) is 0 Å². The Hall–Kier alpha value is -0.170. The van der Waals surface area contributed by atoms with E-state index >= 15 is 0 Å². The van der Waals surface area contributed by atoms with E-state index in [1.54, 1.807) is 0 Å². The summed E-state index contributed by atoms with van der Waals surface area (Å²) in [6.45, 7) is 6.63. The van der Waals surface area contributed by atoms with Gasteiger partial charge in [0.15, 0.2) is 0 Å². The van der Waals surface area contributed by atoms with Crippen LogP contribution >= 0.6 is 0 Å². The van der Waals surface area contributed by atoms with Crippen molar-refractivity contribution in [3.63, 3.8) is 0 Å². The highest BCUT2D eigenvalue weighted by atomic mass is 32.2. The first-order valence-corrected chi connectivity index (χ1v) is 7.24. The van der Waals surface area contributed by atoms with Crippen LogP contribution in [0.4, 0.5) is 0 Å². The summed E-state index contributed by atoms with van der Waals surface area (Å²) in [7, 11) is -3.36. The van der Waals surface area contributed by atoms with Crippen molar-refractivity contribution >= 4 is 10.2 Å². The molecule has 0 unspecified atom stereocenters. The van der Waals surface area contributed by atoms with Gasteiger partial charge in [-0.05, 0) is 40.2 Å². The molecule has 0 aromatic carbocycles. The molecule has 98 valence electrons. The molecular formula is C10H25N3O2S. The predicted octanol–water partition coefficient (Wildman–Crippen LogP) is 0.728. The van der Waals surface area contributed by atoms with E-state index in [2.05, 4.69) is 9.44 Å². The van der Waals surface area contributed by atoms with E-state index in [0.29, 0.717) is 13.1 Å².